The Morgan fingerprint density at radius 3 is 1.70 bits per heavy atom. The van der Waals surface area contributed by atoms with Gasteiger partial charge in [0.05, 0.1) is 24.9 Å². The molecular weight excluding hydrogens is 638 g/mol. The lowest BCUT2D eigenvalue weighted by Crippen LogP contribution is -2.63. The molecule has 8 atom stereocenters. The Balaban J connectivity index is 3.18. The molecule has 0 fully saturated rings. The van der Waals surface area contributed by atoms with Gasteiger partial charge in [0.1, 0.15) is 30.2 Å². The number of unbranched alkanes of at least 4 members (excludes halogenated alkanes) is 1. The van der Waals surface area contributed by atoms with Crippen molar-refractivity contribution in [2.24, 2.45) is 11.5 Å². The molecule has 18 heteroatoms. The Morgan fingerprint density at radius 1 is 0.745 bits per heavy atom. The second-order valence-electron chi connectivity index (χ2n) is 10.9. The Morgan fingerprint density at radius 2 is 1.23 bits per heavy atom. The van der Waals surface area contributed by atoms with Crippen LogP contribution in [0.25, 0.3) is 0 Å². The molecule has 1 rings (SSSR count). The standard InChI is InChI=1S/C29H47N7O10S/c1-15(38)22(35-24(40)18(31)10-6-7-11-30)27(43)32-19(12-17-8-4-3-5-9-17)25(41)36-23(16(2)39)28(44)33-20(13-37)26(42)34-21(14-47)29(45)46/h3-5,8-9,15-16,18-23,37-39,47H,6-7,10-14,30-31H2,1-2H3,(H,32,43)(H,33,44)(H,34,42)(H,35,40)(H,36,41)(H,45,46)/t15-,16-,18+,19+,20+,21-,22+,23+/m1/s1. The van der Waals surface area contributed by atoms with E-state index in [0.717, 1.165) is 0 Å². The van der Waals surface area contributed by atoms with Crippen molar-refractivity contribution in [3.63, 3.8) is 0 Å². The number of thiol groups is 1. The number of carboxylic acids is 1. The molecule has 0 bridgehead atoms. The Labute approximate surface area is 278 Å². The zero-order valence-electron chi connectivity index (χ0n) is 26.3. The molecule has 0 aromatic heterocycles. The van der Waals surface area contributed by atoms with Crippen LogP contribution in [0.2, 0.25) is 0 Å². The summed E-state index contributed by atoms with van der Waals surface area (Å²) in [5.41, 5.74) is 12.0. The Bertz CT molecular complexity index is 1190. The van der Waals surface area contributed by atoms with E-state index in [0.29, 0.717) is 24.9 Å². The number of nitrogens with two attached hydrogens (primary N) is 2. The first-order chi connectivity index (χ1) is 22.2. The smallest absolute Gasteiger partial charge is 0.327 e. The molecule has 1 aromatic rings. The predicted octanol–water partition coefficient (Wildman–Crippen LogP) is -4.12. The van der Waals surface area contributed by atoms with Crippen molar-refractivity contribution in [1.82, 2.24) is 26.6 Å². The summed E-state index contributed by atoms with van der Waals surface area (Å²) in [5, 5.41) is 50.9. The fourth-order valence-corrected chi connectivity index (χ4v) is 4.45. The number of carboxylic acid groups (broad SMARTS) is 1. The minimum atomic E-state index is -1.71. The molecule has 0 unspecified atom stereocenters. The fourth-order valence-electron chi connectivity index (χ4n) is 4.20. The molecule has 47 heavy (non-hydrogen) atoms. The van der Waals surface area contributed by atoms with Crippen LogP contribution in [0, 0.1) is 0 Å². The molecule has 1 aromatic carbocycles. The molecule has 0 aliphatic carbocycles. The van der Waals surface area contributed by atoms with Gasteiger partial charge in [-0.3, -0.25) is 24.0 Å². The molecule has 0 aliphatic rings. The third-order valence-electron chi connectivity index (χ3n) is 6.96. The molecule has 0 saturated carbocycles. The number of aliphatic hydroxyl groups is 3. The van der Waals surface area contributed by atoms with Crippen LogP contribution >= 0.6 is 12.6 Å². The van der Waals surface area contributed by atoms with Gasteiger partial charge in [-0.15, -0.1) is 0 Å². The van der Waals surface area contributed by atoms with E-state index in [4.69, 9.17) is 16.6 Å². The Kier molecular flexibility index (Phi) is 18.5. The average molecular weight is 686 g/mol. The van der Waals surface area contributed by atoms with Crippen LogP contribution in [0.3, 0.4) is 0 Å². The maximum atomic E-state index is 13.5. The summed E-state index contributed by atoms with van der Waals surface area (Å²) >= 11 is 3.84. The lowest BCUT2D eigenvalue weighted by Gasteiger charge is -2.28. The monoisotopic (exact) mass is 685 g/mol. The van der Waals surface area contributed by atoms with Gasteiger partial charge in [-0.1, -0.05) is 36.8 Å². The van der Waals surface area contributed by atoms with Crippen molar-refractivity contribution in [2.75, 3.05) is 18.9 Å². The summed E-state index contributed by atoms with van der Waals surface area (Å²) in [6.07, 6.45) is -1.59. The highest BCUT2D eigenvalue weighted by Gasteiger charge is 2.35. The second-order valence-corrected chi connectivity index (χ2v) is 11.3. The number of nitrogens with one attached hydrogen (secondary N) is 5. The van der Waals surface area contributed by atoms with Gasteiger partial charge in [0, 0.05) is 12.2 Å². The Hall–Kier alpha value is -3.81. The molecule has 5 amide bonds. The van der Waals surface area contributed by atoms with Crippen LogP contribution in [-0.4, -0.2) is 123 Å². The van der Waals surface area contributed by atoms with Crippen molar-refractivity contribution >= 4 is 48.1 Å². The maximum absolute atomic E-state index is 13.5. The number of aliphatic hydroxyl groups excluding tert-OH is 3. The number of carbonyl (C=O) groups excluding carboxylic acids is 5. The first-order valence-electron chi connectivity index (χ1n) is 15.0. The first-order valence-corrected chi connectivity index (χ1v) is 15.6. The third kappa shape index (κ3) is 14.2. The molecule has 0 aliphatic heterocycles. The zero-order valence-corrected chi connectivity index (χ0v) is 27.2. The summed E-state index contributed by atoms with van der Waals surface area (Å²) in [6, 6.07) is -0.257. The minimum Gasteiger partial charge on any atom is -0.480 e. The van der Waals surface area contributed by atoms with Crippen molar-refractivity contribution < 1.29 is 49.2 Å². The highest BCUT2D eigenvalue weighted by molar-refractivity contribution is 7.80. The van der Waals surface area contributed by atoms with E-state index in [1.54, 1.807) is 30.3 Å². The molecule has 0 heterocycles. The van der Waals surface area contributed by atoms with Gasteiger partial charge in [0.2, 0.25) is 29.5 Å². The fraction of sp³-hybridized carbons (Fsp3) is 0.586. The van der Waals surface area contributed by atoms with Gasteiger partial charge in [0.25, 0.3) is 0 Å². The van der Waals surface area contributed by atoms with Gasteiger partial charge < -0.3 is 58.5 Å². The second kappa shape index (κ2) is 21.1. The predicted molar refractivity (Wildman–Crippen MR) is 173 cm³/mol. The largest absolute Gasteiger partial charge is 0.480 e. The summed E-state index contributed by atoms with van der Waals surface area (Å²) < 4.78 is 0. The van der Waals surface area contributed by atoms with E-state index < -0.39 is 90.6 Å². The van der Waals surface area contributed by atoms with Crippen molar-refractivity contribution in [3.8, 4) is 0 Å². The molecule has 0 saturated heterocycles. The average Bonchev–Trinajstić information content (AvgIpc) is 3.02. The molecule has 264 valence electrons. The van der Waals surface area contributed by atoms with E-state index in [1.807, 2.05) is 0 Å². The molecule has 13 N–H and O–H groups in total. The number of hydrogen-bond donors (Lipinski definition) is 12. The van der Waals surface area contributed by atoms with Gasteiger partial charge in [-0.05, 0) is 38.8 Å². The maximum Gasteiger partial charge on any atom is 0.327 e. The first kappa shape index (κ1) is 41.2. The summed E-state index contributed by atoms with van der Waals surface area (Å²) in [4.78, 5) is 76.3. The van der Waals surface area contributed by atoms with Gasteiger partial charge in [0.15, 0.2) is 0 Å². The van der Waals surface area contributed by atoms with E-state index in [2.05, 4.69) is 39.2 Å². The molecule has 0 radical (unpaired) electrons. The summed E-state index contributed by atoms with van der Waals surface area (Å²) in [5.74, 6) is -6.45. The highest BCUT2D eigenvalue weighted by Crippen LogP contribution is 2.07. The number of aliphatic carboxylic acids is 1. The van der Waals surface area contributed by atoms with Crippen LogP contribution in [0.15, 0.2) is 30.3 Å². The van der Waals surface area contributed by atoms with Gasteiger partial charge >= 0.3 is 5.97 Å². The van der Waals surface area contributed by atoms with Crippen LogP contribution < -0.4 is 38.1 Å². The lowest BCUT2D eigenvalue weighted by atomic mass is 10.0. The molecule has 0 spiro atoms. The number of hydrogen-bond acceptors (Lipinski definition) is 12. The lowest BCUT2D eigenvalue weighted by molar-refractivity contribution is -0.142. The van der Waals surface area contributed by atoms with E-state index >= 15 is 0 Å². The van der Waals surface area contributed by atoms with Crippen LogP contribution in [0.5, 0.6) is 0 Å². The third-order valence-corrected chi connectivity index (χ3v) is 7.32. The topological polar surface area (TPSA) is 296 Å². The van der Waals surface area contributed by atoms with Crippen LogP contribution in [0.4, 0.5) is 0 Å². The highest BCUT2D eigenvalue weighted by atomic mass is 32.1. The number of carbonyl (C=O) groups is 6. The minimum absolute atomic E-state index is 0.117. The van der Waals surface area contributed by atoms with E-state index in [1.165, 1.54) is 13.8 Å². The normalized spacial score (nSPS) is 16.2. The summed E-state index contributed by atoms with van der Waals surface area (Å²) in [7, 11) is 0. The number of amides is 5. The zero-order chi connectivity index (χ0) is 35.7. The SMILES string of the molecule is C[C@@H](O)[C@H](NC(=O)[C@H](Cc1ccccc1)NC(=O)[C@@H](NC(=O)[C@@H](N)CCCCN)[C@@H](C)O)C(=O)N[C@@H](CO)C(=O)N[C@H](CS)C(=O)O. The van der Waals surface area contributed by atoms with Gasteiger partial charge in [-0.2, -0.15) is 12.6 Å². The number of benzene rings is 1. The van der Waals surface area contributed by atoms with E-state index in [-0.39, 0.29) is 18.6 Å². The van der Waals surface area contributed by atoms with Crippen molar-refractivity contribution in [2.45, 2.75) is 88.0 Å². The van der Waals surface area contributed by atoms with Crippen molar-refractivity contribution in [3.05, 3.63) is 35.9 Å². The van der Waals surface area contributed by atoms with Crippen LogP contribution in [0.1, 0.15) is 38.7 Å². The van der Waals surface area contributed by atoms with Crippen molar-refractivity contribution in [1.29, 1.82) is 0 Å². The van der Waals surface area contributed by atoms with Crippen LogP contribution in [-0.2, 0) is 35.2 Å². The summed E-state index contributed by atoms with van der Waals surface area (Å²) in [6.45, 7) is 1.89. The van der Waals surface area contributed by atoms with Gasteiger partial charge in [-0.25, -0.2) is 4.79 Å². The van der Waals surface area contributed by atoms with E-state index in [9.17, 15) is 44.1 Å². The molecular formula is C29H47N7O10S. The quantitative estimate of drug-likeness (QED) is 0.0434. The number of rotatable bonds is 21. The molecule has 17 nitrogen and oxygen atoms in total.